The maximum absolute atomic E-state index is 12.7. The van der Waals surface area contributed by atoms with Crippen LogP contribution in [0.25, 0.3) is 16.6 Å². The minimum atomic E-state index is -0.532. The summed E-state index contributed by atoms with van der Waals surface area (Å²) in [5.74, 6) is 1.01. The molecule has 0 spiro atoms. The number of rotatable bonds is 3. The van der Waals surface area contributed by atoms with Gasteiger partial charge in [0.05, 0.1) is 30.8 Å². The van der Waals surface area contributed by atoms with Crippen LogP contribution in [-0.4, -0.2) is 23.8 Å². The van der Waals surface area contributed by atoms with Gasteiger partial charge in [-0.25, -0.2) is 9.36 Å². The van der Waals surface area contributed by atoms with E-state index in [9.17, 15) is 9.59 Å². The van der Waals surface area contributed by atoms with Crippen LogP contribution in [0.5, 0.6) is 11.5 Å². The van der Waals surface area contributed by atoms with E-state index < -0.39 is 11.2 Å². The Kier molecular flexibility index (Phi) is 3.42. The lowest BCUT2D eigenvalue weighted by atomic mass is 10.2. The van der Waals surface area contributed by atoms with Crippen molar-refractivity contribution in [3.8, 4) is 17.2 Å². The SMILES string of the molecule is COc1cccc(-n2c(=O)[nH]c3c(OC)cccc3c2=O)c1. The lowest BCUT2D eigenvalue weighted by Crippen LogP contribution is -2.33. The van der Waals surface area contributed by atoms with Crippen molar-refractivity contribution in [2.75, 3.05) is 14.2 Å². The van der Waals surface area contributed by atoms with E-state index in [4.69, 9.17) is 9.47 Å². The fraction of sp³-hybridized carbons (Fsp3) is 0.125. The van der Waals surface area contributed by atoms with Gasteiger partial charge < -0.3 is 14.5 Å². The van der Waals surface area contributed by atoms with E-state index in [1.54, 1.807) is 42.5 Å². The van der Waals surface area contributed by atoms with Gasteiger partial charge in [-0.15, -0.1) is 0 Å². The molecular formula is C16H14N2O4. The van der Waals surface area contributed by atoms with Gasteiger partial charge in [-0.3, -0.25) is 4.79 Å². The number of aromatic nitrogens is 2. The summed E-state index contributed by atoms with van der Waals surface area (Å²) in [5, 5.41) is 0.377. The minimum Gasteiger partial charge on any atom is -0.497 e. The van der Waals surface area contributed by atoms with E-state index in [1.165, 1.54) is 14.2 Å². The van der Waals surface area contributed by atoms with Crippen molar-refractivity contribution in [2.45, 2.75) is 0 Å². The van der Waals surface area contributed by atoms with E-state index in [2.05, 4.69) is 4.98 Å². The number of nitrogens with zero attached hydrogens (tertiary/aromatic N) is 1. The van der Waals surface area contributed by atoms with Gasteiger partial charge >= 0.3 is 5.69 Å². The molecule has 1 N–H and O–H groups in total. The topological polar surface area (TPSA) is 73.3 Å². The molecule has 0 fully saturated rings. The van der Waals surface area contributed by atoms with Gasteiger partial charge in [-0.2, -0.15) is 0 Å². The molecule has 3 aromatic rings. The predicted octanol–water partition coefficient (Wildman–Crippen LogP) is 1.70. The highest BCUT2D eigenvalue weighted by Gasteiger charge is 2.12. The highest BCUT2D eigenvalue weighted by molar-refractivity contribution is 5.83. The van der Waals surface area contributed by atoms with Crippen molar-refractivity contribution in [1.82, 2.24) is 9.55 Å². The number of fused-ring (bicyclic) bond motifs is 1. The van der Waals surface area contributed by atoms with Gasteiger partial charge in [0.15, 0.2) is 0 Å². The molecule has 0 aliphatic rings. The number of hydrogen-bond acceptors (Lipinski definition) is 4. The van der Waals surface area contributed by atoms with Gasteiger partial charge in [0.2, 0.25) is 0 Å². The first-order valence-electron chi connectivity index (χ1n) is 6.62. The molecule has 1 heterocycles. The Morgan fingerprint density at radius 3 is 2.50 bits per heavy atom. The minimum absolute atomic E-state index is 0.377. The molecule has 6 nitrogen and oxygen atoms in total. The van der Waals surface area contributed by atoms with Crippen LogP contribution < -0.4 is 20.7 Å². The molecule has 112 valence electrons. The number of benzene rings is 2. The molecule has 0 aliphatic carbocycles. The maximum atomic E-state index is 12.7. The molecule has 2 aromatic carbocycles. The Labute approximate surface area is 125 Å². The van der Waals surface area contributed by atoms with E-state index in [1.807, 2.05) is 0 Å². The number of ether oxygens (including phenoxy) is 2. The first-order chi connectivity index (χ1) is 10.7. The Balaban J connectivity index is 2.36. The fourth-order valence-electron chi connectivity index (χ4n) is 2.37. The van der Waals surface area contributed by atoms with E-state index in [0.29, 0.717) is 28.1 Å². The summed E-state index contributed by atoms with van der Waals surface area (Å²) in [6, 6.07) is 11.8. The van der Waals surface area contributed by atoms with Crippen LogP contribution in [-0.2, 0) is 0 Å². The third-order valence-corrected chi connectivity index (χ3v) is 3.43. The molecule has 0 bridgehead atoms. The summed E-state index contributed by atoms with van der Waals surface area (Å²) in [6.07, 6.45) is 0. The van der Waals surface area contributed by atoms with E-state index >= 15 is 0 Å². The van der Waals surface area contributed by atoms with Crippen molar-refractivity contribution in [3.05, 3.63) is 63.3 Å². The summed E-state index contributed by atoms with van der Waals surface area (Å²) in [7, 11) is 3.01. The van der Waals surface area contributed by atoms with Crippen LogP contribution >= 0.6 is 0 Å². The van der Waals surface area contributed by atoms with Crippen LogP contribution in [0.1, 0.15) is 0 Å². The molecule has 1 aromatic heterocycles. The van der Waals surface area contributed by atoms with Gasteiger partial charge in [0, 0.05) is 6.07 Å². The molecule has 0 unspecified atom stereocenters. The Morgan fingerprint density at radius 2 is 1.77 bits per heavy atom. The smallest absolute Gasteiger partial charge is 0.333 e. The third-order valence-electron chi connectivity index (χ3n) is 3.43. The van der Waals surface area contributed by atoms with E-state index in [-0.39, 0.29) is 0 Å². The van der Waals surface area contributed by atoms with Crippen molar-refractivity contribution >= 4 is 10.9 Å². The van der Waals surface area contributed by atoms with Crippen LogP contribution in [0.4, 0.5) is 0 Å². The quantitative estimate of drug-likeness (QED) is 0.798. The summed E-state index contributed by atoms with van der Waals surface area (Å²) in [6.45, 7) is 0. The zero-order valence-corrected chi connectivity index (χ0v) is 12.1. The second-order valence-corrected chi connectivity index (χ2v) is 4.66. The lowest BCUT2D eigenvalue weighted by molar-refractivity contribution is 0.414. The lowest BCUT2D eigenvalue weighted by Gasteiger charge is -2.09. The fourth-order valence-corrected chi connectivity index (χ4v) is 2.37. The predicted molar refractivity (Wildman–Crippen MR) is 83.3 cm³/mol. The highest BCUT2D eigenvalue weighted by atomic mass is 16.5. The Morgan fingerprint density at radius 1 is 1.00 bits per heavy atom. The molecule has 0 aliphatic heterocycles. The Hall–Kier alpha value is -3.02. The average Bonchev–Trinajstić information content (AvgIpc) is 2.54. The molecular weight excluding hydrogens is 284 g/mol. The monoisotopic (exact) mass is 298 g/mol. The molecule has 0 atom stereocenters. The van der Waals surface area contributed by atoms with Gasteiger partial charge in [0.1, 0.15) is 11.5 Å². The largest absolute Gasteiger partial charge is 0.497 e. The van der Waals surface area contributed by atoms with Crippen LogP contribution in [0.15, 0.2) is 52.1 Å². The number of hydrogen-bond donors (Lipinski definition) is 1. The number of H-pyrrole nitrogens is 1. The van der Waals surface area contributed by atoms with Gasteiger partial charge in [0.25, 0.3) is 5.56 Å². The van der Waals surface area contributed by atoms with Crippen molar-refractivity contribution in [3.63, 3.8) is 0 Å². The molecule has 0 radical (unpaired) electrons. The van der Waals surface area contributed by atoms with Crippen molar-refractivity contribution < 1.29 is 9.47 Å². The first-order valence-corrected chi connectivity index (χ1v) is 6.62. The Bertz CT molecular complexity index is 956. The molecule has 22 heavy (non-hydrogen) atoms. The van der Waals surface area contributed by atoms with Crippen LogP contribution in [0, 0.1) is 0 Å². The summed E-state index contributed by atoms with van der Waals surface area (Å²) in [4.78, 5) is 27.7. The first kappa shape index (κ1) is 13.9. The molecule has 0 saturated carbocycles. The van der Waals surface area contributed by atoms with Crippen LogP contribution in [0.2, 0.25) is 0 Å². The molecule has 3 rings (SSSR count). The summed E-state index contributed by atoms with van der Waals surface area (Å²) >= 11 is 0. The number of para-hydroxylation sites is 1. The highest BCUT2D eigenvalue weighted by Crippen LogP contribution is 2.20. The normalized spacial score (nSPS) is 10.6. The zero-order chi connectivity index (χ0) is 15.7. The summed E-state index contributed by atoms with van der Waals surface area (Å²) in [5.41, 5.74) is -0.115. The summed E-state index contributed by atoms with van der Waals surface area (Å²) < 4.78 is 11.4. The second kappa shape index (κ2) is 5.40. The molecule has 0 amide bonds. The van der Waals surface area contributed by atoms with E-state index in [0.717, 1.165) is 4.57 Å². The number of aromatic amines is 1. The van der Waals surface area contributed by atoms with Crippen LogP contribution in [0.3, 0.4) is 0 Å². The van der Waals surface area contributed by atoms with Crippen molar-refractivity contribution in [1.29, 1.82) is 0 Å². The standard InChI is InChI=1S/C16H14N2O4/c1-21-11-6-3-5-10(9-11)18-15(19)12-7-4-8-13(22-2)14(12)17-16(18)20/h3-9H,1-2H3,(H,17,20). The third kappa shape index (κ3) is 2.14. The molecule has 0 saturated heterocycles. The number of nitrogens with one attached hydrogen (secondary N) is 1. The van der Waals surface area contributed by atoms with Gasteiger partial charge in [-0.05, 0) is 24.3 Å². The van der Waals surface area contributed by atoms with Gasteiger partial charge in [-0.1, -0.05) is 12.1 Å². The second-order valence-electron chi connectivity index (χ2n) is 4.66. The molecule has 6 heteroatoms. The zero-order valence-electron chi connectivity index (χ0n) is 12.1. The average molecular weight is 298 g/mol. The maximum Gasteiger partial charge on any atom is 0.333 e. The van der Waals surface area contributed by atoms with Crippen molar-refractivity contribution in [2.24, 2.45) is 0 Å². The number of methoxy groups -OCH3 is 2.